The van der Waals surface area contributed by atoms with Crippen molar-refractivity contribution in [3.63, 3.8) is 0 Å². The second kappa shape index (κ2) is 9.51. The van der Waals surface area contributed by atoms with Crippen molar-refractivity contribution in [1.29, 1.82) is 0 Å². The first-order valence-corrected chi connectivity index (χ1v) is 9.31. The first-order chi connectivity index (χ1) is 13.6. The molecule has 0 bridgehead atoms. The molecule has 0 aromatic heterocycles. The SMILES string of the molecule is O=C(CCc1ccccc1)N[C@H](C(=O)O)C(c1ccccc1)c1ccccc1. The number of amides is 1. The molecule has 1 atom stereocenters. The molecule has 0 aliphatic carbocycles. The number of carbonyl (C=O) groups excluding carboxylic acids is 1. The van der Waals surface area contributed by atoms with Crippen LogP contribution in [0.3, 0.4) is 0 Å². The largest absolute Gasteiger partial charge is 0.480 e. The Bertz CT molecular complexity index is 855. The van der Waals surface area contributed by atoms with E-state index in [0.29, 0.717) is 6.42 Å². The van der Waals surface area contributed by atoms with Crippen LogP contribution in [0, 0.1) is 0 Å². The van der Waals surface area contributed by atoms with E-state index in [0.717, 1.165) is 16.7 Å². The van der Waals surface area contributed by atoms with Gasteiger partial charge in [0.15, 0.2) is 0 Å². The Morgan fingerprint density at radius 1 is 0.750 bits per heavy atom. The molecule has 3 rings (SSSR count). The van der Waals surface area contributed by atoms with Crippen molar-refractivity contribution < 1.29 is 14.7 Å². The third-order valence-electron chi connectivity index (χ3n) is 4.72. The number of carbonyl (C=O) groups is 2. The fraction of sp³-hybridized carbons (Fsp3) is 0.167. The van der Waals surface area contributed by atoms with Gasteiger partial charge in [-0.3, -0.25) is 4.79 Å². The van der Waals surface area contributed by atoms with Crippen LogP contribution in [-0.2, 0) is 16.0 Å². The Labute approximate surface area is 164 Å². The van der Waals surface area contributed by atoms with Crippen LogP contribution in [0.25, 0.3) is 0 Å². The van der Waals surface area contributed by atoms with E-state index < -0.39 is 17.9 Å². The summed E-state index contributed by atoms with van der Waals surface area (Å²) in [6, 6.07) is 27.5. The maximum atomic E-state index is 12.5. The highest BCUT2D eigenvalue weighted by Crippen LogP contribution is 2.28. The zero-order valence-electron chi connectivity index (χ0n) is 15.5. The van der Waals surface area contributed by atoms with E-state index in [-0.39, 0.29) is 12.3 Å². The van der Waals surface area contributed by atoms with Crippen molar-refractivity contribution in [1.82, 2.24) is 5.32 Å². The average molecular weight is 373 g/mol. The summed E-state index contributed by atoms with van der Waals surface area (Å²) >= 11 is 0. The predicted molar refractivity (Wildman–Crippen MR) is 109 cm³/mol. The highest BCUT2D eigenvalue weighted by molar-refractivity contribution is 5.85. The van der Waals surface area contributed by atoms with Crippen LogP contribution in [0.5, 0.6) is 0 Å². The Morgan fingerprint density at radius 3 is 1.68 bits per heavy atom. The zero-order valence-corrected chi connectivity index (χ0v) is 15.5. The molecule has 0 heterocycles. The second-order valence-electron chi connectivity index (χ2n) is 6.67. The molecule has 142 valence electrons. The van der Waals surface area contributed by atoms with Crippen LogP contribution in [-0.4, -0.2) is 23.0 Å². The molecule has 0 aliphatic heterocycles. The van der Waals surface area contributed by atoms with Gasteiger partial charge in [-0.05, 0) is 23.1 Å². The van der Waals surface area contributed by atoms with Gasteiger partial charge in [0.2, 0.25) is 5.91 Å². The van der Waals surface area contributed by atoms with Gasteiger partial charge in [0.1, 0.15) is 6.04 Å². The lowest BCUT2D eigenvalue weighted by Gasteiger charge is -2.26. The number of aliphatic carboxylic acids is 1. The Kier molecular flexibility index (Phi) is 6.58. The summed E-state index contributed by atoms with van der Waals surface area (Å²) in [5.74, 6) is -1.79. The molecule has 2 N–H and O–H groups in total. The lowest BCUT2D eigenvalue weighted by molar-refractivity contribution is -0.142. The quantitative estimate of drug-likeness (QED) is 0.627. The summed E-state index contributed by atoms with van der Waals surface area (Å²) in [5, 5.41) is 12.6. The molecule has 3 aromatic carbocycles. The van der Waals surface area contributed by atoms with Crippen LogP contribution in [0.2, 0.25) is 0 Å². The van der Waals surface area contributed by atoms with Crippen LogP contribution in [0.1, 0.15) is 29.0 Å². The van der Waals surface area contributed by atoms with Gasteiger partial charge in [0, 0.05) is 12.3 Å². The summed E-state index contributed by atoms with van der Waals surface area (Å²) in [7, 11) is 0. The van der Waals surface area contributed by atoms with Crippen LogP contribution < -0.4 is 5.32 Å². The third-order valence-corrected chi connectivity index (χ3v) is 4.72. The minimum atomic E-state index is -1.05. The number of rotatable bonds is 8. The Morgan fingerprint density at radius 2 is 1.21 bits per heavy atom. The van der Waals surface area contributed by atoms with E-state index >= 15 is 0 Å². The number of nitrogens with one attached hydrogen (secondary N) is 1. The monoisotopic (exact) mass is 373 g/mol. The summed E-state index contributed by atoms with van der Waals surface area (Å²) in [6.07, 6.45) is 0.810. The van der Waals surface area contributed by atoms with Crippen molar-refractivity contribution in [2.45, 2.75) is 24.8 Å². The van der Waals surface area contributed by atoms with Gasteiger partial charge >= 0.3 is 5.97 Å². The van der Waals surface area contributed by atoms with Crippen LogP contribution in [0.15, 0.2) is 91.0 Å². The highest BCUT2D eigenvalue weighted by atomic mass is 16.4. The van der Waals surface area contributed by atoms with E-state index in [4.69, 9.17) is 0 Å². The lowest BCUT2D eigenvalue weighted by atomic mass is 9.85. The fourth-order valence-corrected chi connectivity index (χ4v) is 3.33. The summed E-state index contributed by atoms with van der Waals surface area (Å²) in [5.41, 5.74) is 2.75. The molecule has 0 unspecified atom stereocenters. The van der Waals surface area contributed by atoms with Gasteiger partial charge in [-0.2, -0.15) is 0 Å². The molecular weight excluding hydrogens is 350 g/mol. The standard InChI is InChI=1S/C24H23NO3/c26-21(17-16-18-10-4-1-5-11-18)25-23(24(27)28)22(19-12-6-2-7-13-19)20-14-8-3-9-15-20/h1-15,22-23H,16-17H2,(H,25,26)(H,27,28)/t23-/m0/s1. The molecule has 0 spiro atoms. The van der Waals surface area contributed by atoms with Crippen molar-refractivity contribution in [3.8, 4) is 0 Å². The van der Waals surface area contributed by atoms with E-state index in [2.05, 4.69) is 5.32 Å². The molecule has 28 heavy (non-hydrogen) atoms. The molecule has 0 saturated heterocycles. The summed E-state index contributed by atoms with van der Waals surface area (Å²) in [4.78, 5) is 24.6. The number of hydrogen-bond donors (Lipinski definition) is 2. The van der Waals surface area contributed by atoms with Crippen molar-refractivity contribution in [3.05, 3.63) is 108 Å². The number of carboxylic acids is 1. The van der Waals surface area contributed by atoms with Gasteiger partial charge in [0.05, 0.1) is 0 Å². The molecule has 3 aromatic rings. The van der Waals surface area contributed by atoms with Crippen molar-refractivity contribution in [2.75, 3.05) is 0 Å². The number of aryl methyl sites for hydroxylation is 1. The first kappa shape index (κ1) is 19.4. The van der Waals surface area contributed by atoms with E-state index in [1.165, 1.54) is 0 Å². The second-order valence-corrected chi connectivity index (χ2v) is 6.67. The van der Waals surface area contributed by atoms with Gasteiger partial charge in [-0.25, -0.2) is 4.79 Å². The number of carboxylic acid groups (broad SMARTS) is 1. The predicted octanol–water partition coefficient (Wildman–Crippen LogP) is 4.02. The van der Waals surface area contributed by atoms with Gasteiger partial charge in [-0.1, -0.05) is 91.0 Å². The topological polar surface area (TPSA) is 66.4 Å². The van der Waals surface area contributed by atoms with Gasteiger partial charge in [-0.15, -0.1) is 0 Å². The minimum Gasteiger partial charge on any atom is -0.480 e. The maximum absolute atomic E-state index is 12.5. The summed E-state index contributed by atoms with van der Waals surface area (Å²) < 4.78 is 0. The van der Waals surface area contributed by atoms with Crippen molar-refractivity contribution in [2.24, 2.45) is 0 Å². The Balaban J connectivity index is 1.81. The van der Waals surface area contributed by atoms with Gasteiger partial charge in [0.25, 0.3) is 0 Å². The smallest absolute Gasteiger partial charge is 0.327 e. The first-order valence-electron chi connectivity index (χ1n) is 9.31. The highest BCUT2D eigenvalue weighted by Gasteiger charge is 2.32. The lowest BCUT2D eigenvalue weighted by Crippen LogP contribution is -2.45. The fourth-order valence-electron chi connectivity index (χ4n) is 3.33. The molecular formula is C24H23NO3. The molecule has 0 fully saturated rings. The molecule has 0 saturated carbocycles. The van der Waals surface area contributed by atoms with Gasteiger partial charge < -0.3 is 10.4 Å². The average Bonchev–Trinajstić information content (AvgIpc) is 2.74. The maximum Gasteiger partial charge on any atom is 0.327 e. The molecule has 0 radical (unpaired) electrons. The van der Waals surface area contributed by atoms with Crippen LogP contribution in [0.4, 0.5) is 0 Å². The van der Waals surface area contributed by atoms with E-state index in [1.54, 1.807) is 0 Å². The van der Waals surface area contributed by atoms with Crippen LogP contribution >= 0.6 is 0 Å². The summed E-state index contributed by atoms with van der Waals surface area (Å²) in [6.45, 7) is 0. The molecule has 4 heteroatoms. The Hall–Kier alpha value is -3.40. The molecule has 4 nitrogen and oxygen atoms in total. The van der Waals surface area contributed by atoms with Crippen molar-refractivity contribution >= 4 is 11.9 Å². The molecule has 1 amide bonds. The minimum absolute atomic E-state index is 0.240. The van der Waals surface area contributed by atoms with E-state index in [9.17, 15) is 14.7 Å². The molecule has 0 aliphatic rings. The van der Waals surface area contributed by atoms with E-state index in [1.807, 2.05) is 91.0 Å². The zero-order chi connectivity index (χ0) is 19.8. The number of benzene rings is 3. The third kappa shape index (κ3) is 5.07. The number of hydrogen-bond acceptors (Lipinski definition) is 2. The normalized spacial score (nSPS) is 11.8.